The topological polar surface area (TPSA) is 77.8 Å². The molecule has 6 heteroatoms. The van der Waals surface area contributed by atoms with Crippen LogP contribution < -0.4 is 10.1 Å². The van der Waals surface area contributed by atoms with Crippen LogP contribution in [-0.4, -0.2) is 18.5 Å². The molecule has 126 valence electrons. The van der Waals surface area contributed by atoms with Crippen molar-refractivity contribution in [3.63, 3.8) is 0 Å². The highest BCUT2D eigenvalue weighted by molar-refractivity contribution is 5.95. The average Bonchev–Trinajstić information content (AvgIpc) is 3.17. The van der Waals surface area contributed by atoms with Gasteiger partial charge in [0.2, 0.25) is 5.76 Å². The monoisotopic (exact) mass is 337 g/mol. The molecule has 1 heterocycles. The minimum atomic E-state index is -0.700. The van der Waals surface area contributed by atoms with Crippen LogP contribution in [0.25, 0.3) is 0 Å². The fourth-order valence-corrected chi connectivity index (χ4v) is 2.06. The van der Waals surface area contributed by atoms with Crippen LogP contribution in [0.1, 0.15) is 10.6 Å². The number of hydrogen-bond donors (Lipinski definition) is 1. The van der Waals surface area contributed by atoms with E-state index in [0.717, 1.165) is 0 Å². The van der Waals surface area contributed by atoms with Crippen molar-refractivity contribution in [3.05, 3.63) is 78.8 Å². The molecular weight excluding hydrogens is 322 g/mol. The number of esters is 1. The third-order valence-electron chi connectivity index (χ3n) is 3.19. The SMILES string of the molecule is O=C(COC(=O)c1ccco1)Nc1ccccc1Oc1ccccc1. The average molecular weight is 337 g/mol. The molecule has 0 spiro atoms. The maximum absolute atomic E-state index is 12.0. The van der Waals surface area contributed by atoms with Crippen LogP contribution in [0, 0.1) is 0 Å². The molecule has 0 saturated heterocycles. The molecule has 0 fully saturated rings. The maximum Gasteiger partial charge on any atom is 0.374 e. The Balaban J connectivity index is 1.60. The van der Waals surface area contributed by atoms with E-state index in [2.05, 4.69) is 5.32 Å². The maximum atomic E-state index is 12.0. The lowest BCUT2D eigenvalue weighted by molar-refractivity contribution is -0.119. The van der Waals surface area contributed by atoms with Gasteiger partial charge in [0.05, 0.1) is 12.0 Å². The zero-order chi connectivity index (χ0) is 17.5. The molecule has 6 nitrogen and oxygen atoms in total. The predicted octanol–water partition coefficient (Wildman–Crippen LogP) is 3.87. The second-order valence-electron chi connectivity index (χ2n) is 5.01. The molecule has 1 N–H and O–H groups in total. The van der Waals surface area contributed by atoms with Crippen LogP contribution in [0.4, 0.5) is 5.69 Å². The molecular formula is C19H15NO5. The number of amides is 1. The van der Waals surface area contributed by atoms with Crippen LogP contribution in [0.2, 0.25) is 0 Å². The molecule has 3 rings (SSSR count). The number of ether oxygens (including phenoxy) is 2. The molecule has 1 aromatic heterocycles. The van der Waals surface area contributed by atoms with Crippen molar-refractivity contribution in [1.29, 1.82) is 0 Å². The Morgan fingerprint density at radius 1 is 0.920 bits per heavy atom. The van der Waals surface area contributed by atoms with Crippen LogP contribution in [0.5, 0.6) is 11.5 Å². The fraction of sp³-hybridized carbons (Fsp3) is 0.0526. The Morgan fingerprint density at radius 3 is 2.44 bits per heavy atom. The lowest BCUT2D eigenvalue weighted by Gasteiger charge is -2.12. The third-order valence-corrected chi connectivity index (χ3v) is 3.19. The van der Waals surface area contributed by atoms with Gasteiger partial charge in [-0.3, -0.25) is 4.79 Å². The number of hydrogen-bond acceptors (Lipinski definition) is 5. The van der Waals surface area contributed by atoms with Crippen LogP contribution in [-0.2, 0) is 9.53 Å². The van der Waals surface area contributed by atoms with Gasteiger partial charge in [0.1, 0.15) is 5.75 Å². The molecule has 0 aliphatic carbocycles. The minimum absolute atomic E-state index is 0.0422. The number of carbonyl (C=O) groups excluding carboxylic acids is 2. The van der Waals surface area contributed by atoms with Crippen molar-refractivity contribution in [1.82, 2.24) is 0 Å². The number of rotatable bonds is 6. The third kappa shape index (κ3) is 4.48. The van der Waals surface area contributed by atoms with Crippen molar-refractivity contribution in [3.8, 4) is 11.5 Å². The summed E-state index contributed by atoms with van der Waals surface area (Å²) >= 11 is 0. The summed E-state index contributed by atoms with van der Waals surface area (Å²) in [5, 5.41) is 2.66. The molecule has 1 amide bonds. The van der Waals surface area contributed by atoms with Crippen molar-refractivity contribution in [2.45, 2.75) is 0 Å². The van der Waals surface area contributed by atoms with E-state index in [1.165, 1.54) is 12.3 Å². The summed E-state index contributed by atoms with van der Waals surface area (Å²) in [4.78, 5) is 23.7. The van der Waals surface area contributed by atoms with Gasteiger partial charge in [-0.15, -0.1) is 0 Å². The highest BCUT2D eigenvalue weighted by Crippen LogP contribution is 2.28. The van der Waals surface area contributed by atoms with Crippen LogP contribution >= 0.6 is 0 Å². The highest BCUT2D eigenvalue weighted by atomic mass is 16.5. The fourth-order valence-electron chi connectivity index (χ4n) is 2.06. The summed E-state index contributed by atoms with van der Waals surface area (Å²) in [6, 6.07) is 19.2. The second-order valence-corrected chi connectivity index (χ2v) is 5.01. The van der Waals surface area contributed by atoms with E-state index in [9.17, 15) is 9.59 Å². The quantitative estimate of drug-likeness (QED) is 0.691. The van der Waals surface area contributed by atoms with E-state index >= 15 is 0 Å². The molecule has 3 aromatic rings. The number of carbonyl (C=O) groups is 2. The van der Waals surface area contributed by atoms with Gasteiger partial charge in [0.25, 0.3) is 5.91 Å². The normalized spacial score (nSPS) is 10.1. The van der Waals surface area contributed by atoms with Gasteiger partial charge < -0.3 is 19.2 Å². The first-order valence-electron chi connectivity index (χ1n) is 7.55. The summed E-state index contributed by atoms with van der Waals surface area (Å²) < 4.78 is 15.6. The predicted molar refractivity (Wildman–Crippen MR) is 90.6 cm³/mol. The van der Waals surface area contributed by atoms with Crippen molar-refractivity contribution in [2.75, 3.05) is 11.9 Å². The first-order chi connectivity index (χ1) is 12.2. The Morgan fingerprint density at radius 2 is 1.68 bits per heavy atom. The number of para-hydroxylation sites is 3. The number of anilines is 1. The van der Waals surface area contributed by atoms with E-state index in [1.807, 2.05) is 30.3 Å². The standard InChI is InChI=1S/C19H15NO5/c21-18(13-24-19(22)17-11-6-12-23-17)20-15-9-4-5-10-16(15)25-14-7-2-1-3-8-14/h1-12H,13H2,(H,20,21). The molecule has 0 radical (unpaired) electrons. The van der Waals surface area contributed by atoms with Crippen molar-refractivity contribution < 1.29 is 23.5 Å². The zero-order valence-corrected chi connectivity index (χ0v) is 13.2. The number of nitrogens with one attached hydrogen (secondary N) is 1. The molecule has 2 aromatic carbocycles. The van der Waals surface area contributed by atoms with Crippen molar-refractivity contribution in [2.24, 2.45) is 0 Å². The lowest BCUT2D eigenvalue weighted by atomic mass is 10.3. The van der Waals surface area contributed by atoms with Gasteiger partial charge in [-0.1, -0.05) is 30.3 Å². The molecule has 0 saturated carbocycles. The molecule has 0 aliphatic heterocycles. The Labute approximate surface area is 144 Å². The van der Waals surface area contributed by atoms with E-state index in [4.69, 9.17) is 13.9 Å². The largest absolute Gasteiger partial charge is 0.457 e. The van der Waals surface area contributed by atoms with E-state index in [0.29, 0.717) is 17.2 Å². The summed E-state index contributed by atoms with van der Waals surface area (Å²) in [5.74, 6) is -0.00791. The first kappa shape index (κ1) is 16.3. The Bertz CT molecular complexity index is 843. The minimum Gasteiger partial charge on any atom is -0.457 e. The van der Waals surface area contributed by atoms with Gasteiger partial charge in [-0.25, -0.2) is 4.79 Å². The van der Waals surface area contributed by atoms with Crippen molar-refractivity contribution >= 4 is 17.6 Å². The molecule has 0 bridgehead atoms. The van der Waals surface area contributed by atoms with Gasteiger partial charge in [-0.2, -0.15) is 0 Å². The van der Waals surface area contributed by atoms with Crippen LogP contribution in [0.15, 0.2) is 77.4 Å². The van der Waals surface area contributed by atoms with Gasteiger partial charge in [0.15, 0.2) is 12.4 Å². The Kier molecular flexibility index (Phi) is 5.11. The molecule has 0 unspecified atom stereocenters. The van der Waals surface area contributed by atoms with E-state index in [-0.39, 0.29) is 5.76 Å². The van der Waals surface area contributed by atoms with Gasteiger partial charge >= 0.3 is 5.97 Å². The summed E-state index contributed by atoms with van der Waals surface area (Å²) in [7, 11) is 0. The second kappa shape index (κ2) is 7.83. The highest BCUT2D eigenvalue weighted by Gasteiger charge is 2.14. The number of furan rings is 1. The summed E-state index contributed by atoms with van der Waals surface area (Å²) in [6.07, 6.45) is 1.35. The molecule has 0 aliphatic rings. The first-order valence-corrected chi connectivity index (χ1v) is 7.55. The van der Waals surface area contributed by atoms with E-state index < -0.39 is 18.5 Å². The van der Waals surface area contributed by atoms with E-state index in [1.54, 1.807) is 30.3 Å². The van der Waals surface area contributed by atoms with Gasteiger partial charge in [0, 0.05) is 0 Å². The Hall–Kier alpha value is -3.54. The smallest absolute Gasteiger partial charge is 0.374 e. The number of benzene rings is 2. The van der Waals surface area contributed by atoms with Crippen LogP contribution in [0.3, 0.4) is 0 Å². The van der Waals surface area contributed by atoms with Gasteiger partial charge in [-0.05, 0) is 36.4 Å². The summed E-state index contributed by atoms with van der Waals surface area (Å²) in [5.41, 5.74) is 0.477. The lowest BCUT2D eigenvalue weighted by Crippen LogP contribution is -2.21. The molecule has 25 heavy (non-hydrogen) atoms. The zero-order valence-electron chi connectivity index (χ0n) is 13.2. The molecule has 0 atom stereocenters. The summed E-state index contributed by atoms with van der Waals surface area (Å²) in [6.45, 7) is -0.431.